The van der Waals surface area contributed by atoms with Crippen molar-refractivity contribution in [2.75, 3.05) is 5.32 Å². The predicted molar refractivity (Wildman–Crippen MR) is 83.2 cm³/mol. The van der Waals surface area contributed by atoms with E-state index in [1.807, 2.05) is 32.0 Å². The van der Waals surface area contributed by atoms with Crippen LogP contribution in [0, 0.1) is 13.8 Å². The fourth-order valence-electron chi connectivity index (χ4n) is 2.03. The van der Waals surface area contributed by atoms with Crippen molar-refractivity contribution in [2.45, 2.75) is 26.6 Å². The van der Waals surface area contributed by atoms with Gasteiger partial charge in [0.2, 0.25) is 0 Å². The third-order valence-corrected chi connectivity index (χ3v) is 3.38. The molecule has 0 bridgehead atoms. The Labute approximate surface area is 132 Å². The number of carbonyl (C=O) groups excluding carboxylic acids is 1. The molecule has 0 aliphatic heterocycles. The van der Waals surface area contributed by atoms with Crippen LogP contribution in [0.15, 0.2) is 42.5 Å². The summed E-state index contributed by atoms with van der Waals surface area (Å²) in [7, 11) is 0. The first-order chi connectivity index (χ1) is 10.8. The van der Waals surface area contributed by atoms with Crippen LogP contribution in [-0.4, -0.2) is 6.03 Å². The maximum atomic E-state index is 12.5. The molecule has 0 aliphatic carbocycles. The van der Waals surface area contributed by atoms with E-state index in [1.54, 1.807) is 0 Å². The van der Waals surface area contributed by atoms with Gasteiger partial charge in [-0.3, -0.25) is 0 Å². The lowest BCUT2D eigenvalue weighted by Crippen LogP contribution is -2.28. The summed E-state index contributed by atoms with van der Waals surface area (Å²) in [5.74, 6) is 0. The van der Waals surface area contributed by atoms with Crippen LogP contribution in [0.2, 0.25) is 0 Å². The number of halogens is 3. The van der Waals surface area contributed by atoms with Gasteiger partial charge in [0.15, 0.2) is 0 Å². The Morgan fingerprint density at radius 2 is 1.70 bits per heavy atom. The summed E-state index contributed by atoms with van der Waals surface area (Å²) in [4.78, 5) is 11.9. The van der Waals surface area contributed by atoms with E-state index in [4.69, 9.17) is 0 Å². The average Bonchev–Trinajstić information content (AvgIpc) is 2.48. The lowest BCUT2D eigenvalue weighted by molar-refractivity contribution is -0.137. The monoisotopic (exact) mass is 322 g/mol. The molecule has 0 aromatic heterocycles. The van der Waals surface area contributed by atoms with Crippen molar-refractivity contribution >= 4 is 11.7 Å². The van der Waals surface area contributed by atoms with Crippen LogP contribution in [0.3, 0.4) is 0 Å². The summed E-state index contributed by atoms with van der Waals surface area (Å²) >= 11 is 0. The summed E-state index contributed by atoms with van der Waals surface area (Å²) < 4.78 is 37.4. The van der Waals surface area contributed by atoms with E-state index in [-0.39, 0.29) is 6.54 Å². The van der Waals surface area contributed by atoms with E-state index in [2.05, 4.69) is 10.6 Å². The van der Waals surface area contributed by atoms with E-state index in [1.165, 1.54) is 12.1 Å². The Morgan fingerprint density at radius 3 is 2.30 bits per heavy atom. The molecule has 2 N–H and O–H groups in total. The van der Waals surface area contributed by atoms with Crippen LogP contribution in [-0.2, 0) is 12.7 Å². The zero-order chi connectivity index (χ0) is 17.0. The molecule has 2 amide bonds. The van der Waals surface area contributed by atoms with Crippen molar-refractivity contribution in [1.29, 1.82) is 0 Å². The van der Waals surface area contributed by atoms with Gasteiger partial charge < -0.3 is 10.6 Å². The SMILES string of the molecule is Cc1ccc(C)c(NC(=O)NCc2ccc(C(F)(F)F)cc2)c1. The standard InChI is InChI=1S/C17H17F3N2O/c1-11-3-4-12(2)15(9-11)22-16(23)21-10-13-5-7-14(8-6-13)17(18,19)20/h3-9H,10H2,1-2H3,(H2,21,22,23). The molecule has 0 atom stereocenters. The van der Waals surface area contributed by atoms with Crippen molar-refractivity contribution in [1.82, 2.24) is 5.32 Å². The Hall–Kier alpha value is -2.50. The molecule has 0 unspecified atom stereocenters. The van der Waals surface area contributed by atoms with Crippen LogP contribution >= 0.6 is 0 Å². The van der Waals surface area contributed by atoms with Gasteiger partial charge in [-0.15, -0.1) is 0 Å². The molecule has 2 aromatic rings. The lowest BCUT2D eigenvalue weighted by Gasteiger charge is -2.11. The number of aryl methyl sites for hydroxylation is 2. The molecule has 122 valence electrons. The molecule has 0 heterocycles. The molecule has 0 saturated carbocycles. The van der Waals surface area contributed by atoms with Crippen molar-refractivity contribution in [3.8, 4) is 0 Å². The first-order valence-corrected chi connectivity index (χ1v) is 7.04. The second kappa shape index (κ2) is 6.73. The number of hydrogen-bond acceptors (Lipinski definition) is 1. The van der Waals surface area contributed by atoms with Crippen LogP contribution in [0.4, 0.5) is 23.7 Å². The van der Waals surface area contributed by atoms with E-state index in [0.29, 0.717) is 11.3 Å². The Morgan fingerprint density at radius 1 is 1.04 bits per heavy atom. The first-order valence-electron chi connectivity index (χ1n) is 7.04. The van der Waals surface area contributed by atoms with Gasteiger partial charge in [-0.25, -0.2) is 4.79 Å². The number of rotatable bonds is 3. The minimum atomic E-state index is -4.36. The molecule has 3 nitrogen and oxygen atoms in total. The fraction of sp³-hybridized carbons (Fsp3) is 0.235. The number of benzene rings is 2. The largest absolute Gasteiger partial charge is 0.416 e. The topological polar surface area (TPSA) is 41.1 Å². The van der Waals surface area contributed by atoms with Gasteiger partial charge in [-0.2, -0.15) is 13.2 Å². The van der Waals surface area contributed by atoms with E-state index >= 15 is 0 Å². The number of urea groups is 1. The van der Waals surface area contributed by atoms with Gasteiger partial charge in [0.05, 0.1) is 5.56 Å². The molecule has 0 radical (unpaired) electrons. The molecule has 2 aromatic carbocycles. The zero-order valence-corrected chi connectivity index (χ0v) is 12.8. The van der Waals surface area contributed by atoms with Crippen molar-refractivity contribution in [3.63, 3.8) is 0 Å². The highest BCUT2D eigenvalue weighted by Gasteiger charge is 2.29. The number of amides is 2. The van der Waals surface area contributed by atoms with Crippen molar-refractivity contribution in [3.05, 3.63) is 64.7 Å². The Balaban J connectivity index is 1.93. The molecular formula is C17H17F3N2O. The molecule has 0 aliphatic rings. The summed E-state index contributed by atoms with van der Waals surface area (Å²) in [5, 5.41) is 5.35. The maximum absolute atomic E-state index is 12.5. The van der Waals surface area contributed by atoms with Crippen molar-refractivity contribution < 1.29 is 18.0 Å². The van der Waals surface area contributed by atoms with Crippen LogP contribution in [0.1, 0.15) is 22.3 Å². The Bertz CT molecular complexity index is 694. The first kappa shape index (κ1) is 16.9. The number of hydrogen-bond donors (Lipinski definition) is 2. The predicted octanol–water partition coefficient (Wildman–Crippen LogP) is 4.64. The second-order valence-electron chi connectivity index (χ2n) is 5.32. The summed E-state index contributed by atoms with van der Waals surface area (Å²) in [6.07, 6.45) is -4.36. The normalized spacial score (nSPS) is 11.2. The van der Waals surface area contributed by atoms with Gasteiger partial charge in [-0.1, -0.05) is 24.3 Å². The quantitative estimate of drug-likeness (QED) is 0.849. The highest BCUT2D eigenvalue weighted by atomic mass is 19.4. The average molecular weight is 322 g/mol. The van der Waals surface area contributed by atoms with Gasteiger partial charge in [0, 0.05) is 12.2 Å². The molecule has 0 saturated heterocycles. The molecular weight excluding hydrogens is 305 g/mol. The highest BCUT2D eigenvalue weighted by Crippen LogP contribution is 2.29. The van der Waals surface area contributed by atoms with E-state index < -0.39 is 17.8 Å². The highest BCUT2D eigenvalue weighted by molar-refractivity contribution is 5.90. The third kappa shape index (κ3) is 4.74. The molecule has 0 fully saturated rings. The fourth-order valence-corrected chi connectivity index (χ4v) is 2.03. The van der Waals surface area contributed by atoms with Crippen LogP contribution in [0.25, 0.3) is 0 Å². The Kier molecular flexibility index (Phi) is 4.93. The number of anilines is 1. The molecule has 0 spiro atoms. The smallest absolute Gasteiger partial charge is 0.334 e. The lowest BCUT2D eigenvalue weighted by atomic mass is 10.1. The van der Waals surface area contributed by atoms with Crippen molar-refractivity contribution in [2.24, 2.45) is 0 Å². The number of alkyl halides is 3. The van der Waals surface area contributed by atoms with Gasteiger partial charge in [0.1, 0.15) is 0 Å². The van der Waals surface area contributed by atoms with Crippen LogP contribution < -0.4 is 10.6 Å². The molecule has 2 rings (SSSR count). The van der Waals surface area contributed by atoms with E-state index in [0.717, 1.165) is 23.3 Å². The second-order valence-corrected chi connectivity index (χ2v) is 5.32. The third-order valence-electron chi connectivity index (χ3n) is 3.38. The summed E-state index contributed by atoms with van der Waals surface area (Å²) in [6.45, 7) is 3.95. The number of carbonyl (C=O) groups is 1. The van der Waals surface area contributed by atoms with Gasteiger partial charge in [0.25, 0.3) is 0 Å². The summed E-state index contributed by atoms with van der Waals surface area (Å²) in [5.41, 5.74) is 2.54. The van der Waals surface area contributed by atoms with Gasteiger partial charge >= 0.3 is 12.2 Å². The molecule has 23 heavy (non-hydrogen) atoms. The van der Waals surface area contributed by atoms with E-state index in [9.17, 15) is 18.0 Å². The zero-order valence-electron chi connectivity index (χ0n) is 12.8. The maximum Gasteiger partial charge on any atom is 0.416 e. The minimum Gasteiger partial charge on any atom is -0.334 e. The summed E-state index contributed by atoms with van der Waals surface area (Å²) in [6, 6.07) is 9.99. The minimum absolute atomic E-state index is 0.148. The van der Waals surface area contributed by atoms with Crippen LogP contribution in [0.5, 0.6) is 0 Å². The van der Waals surface area contributed by atoms with Gasteiger partial charge in [-0.05, 0) is 48.7 Å². The number of nitrogens with one attached hydrogen (secondary N) is 2. The molecule has 6 heteroatoms.